The molecule has 0 radical (unpaired) electrons. The molecule has 0 atom stereocenters. The van der Waals surface area contributed by atoms with Gasteiger partial charge in [-0.25, -0.2) is 0 Å². The van der Waals surface area contributed by atoms with Gasteiger partial charge in [-0.05, 0) is 54.8 Å². The molecule has 0 bridgehead atoms. The average Bonchev–Trinajstić information content (AvgIpc) is 3.26. The van der Waals surface area contributed by atoms with Crippen LogP contribution in [-0.2, 0) is 11.3 Å². The van der Waals surface area contributed by atoms with Crippen LogP contribution in [0.3, 0.4) is 0 Å². The Kier molecular flexibility index (Phi) is 7.05. The van der Waals surface area contributed by atoms with Crippen molar-refractivity contribution >= 4 is 22.8 Å². The van der Waals surface area contributed by atoms with Crippen molar-refractivity contribution in [1.29, 1.82) is 0 Å². The molecule has 0 aliphatic rings. The molecule has 0 saturated heterocycles. The molecule has 0 spiro atoms. The molecule has 4 rings (SSSR count). The number of carboxylic acid groups (broad SMARTS) is 1. The number of ether oxygens (including phenoxy) is 1. The van der Waals surface area contributed by atoms with Gasteiger partial charge in [-0.2, -0.15) is 0 Å². The molecule has 1 amide bonds. The highest BCUT2D eigenvalue weighted by atomic mass is 16.5. The standard InChI is InChI=1S/C27H25NO5/c29-26(30)11-4-5-14-32-23-10-6-9-20(16-23)25-17-22-15-21(12-13-24(22)33-25)27(31)28-18-19-7-2-1-3-8-19/h1-3,6-10,12-13,15-17H,4-5,11,14,18H2,(H,28,31)(H,29,30). The van der Waals surface area contributed by atoms with Gasteiger partial charge < -0.3 is 19.6 Å². The van der Waals surface area contributed by atoms with Crippen LogP contribution in [-0.4, -0.2) is 23.6 Å². The summed E-state index contributed by atoms with van der Waals surface area (Å²) in [7, 11) is 0. The monoisotopic (exact) mass is 443 g/mol. The van der Waals surface area contributed by atoms with Crippen LogP contribution in [0.2, 0.25) is 0 Å². The Morgan fingerprint density at radius 1 is 0.909 bits per heavy atom. The summed E-state index contributed by atoms with van der Waals surface area (Å²) in [6.45, 7) is 0.926. The zero-order valence-corrected chi connectivity index (χ0v) is 18.1. The third kappa shape index (κ3) is 6.01. The summed E-state index contributed by atoms with van der Waals surface area (Å²) < 4.78 is 11.7. The maximum absolute atomic E-state index is 12.6. The van der Waals surface area contributed by atoms with E-state index in [0.717, 1.165) is 16.5 Å². The van der Waals surface area contributed by atoms with Crippen LogP contribution < -0.4 is 10.1 Å². The Morgan fingerprint density at radius 3 is 2.58 bits per heavy atom. The molecule has 0 fully saturated rings. The van der Waals surface area contributed by atoms with Gasteiger partial charge in [0.1, 0.15) is 17.1 Å². The van der Waals surface area contributed by atoms with E-state index in [1.165, 1.54) is 0 Å². The summed E-state index contributed by atoms with van der Waals surface area (Å²) in [5, 5.41) is 12.5. The summed E-state index contributed by atoms with van der Waals surface area (Å²) in [4.78, 5) is 23.2. The van der Waals surface area contributed by atoms with Crippen molar-refractivity contribution in [3.63, 3.8) is 0 Å². The fourth-order valence-electron chi connectivity index (χ4n) is 3.51. The van der Waals surface area contributed by atoms with Gasteiger partial charge in [0.2, 0.25) is 0 Å². The predicted molar refractivity (Wildman–Crippen MR) is 126 cm³/mol. The van der Waals surface area contributed by atoms with Crippen LogP contribution in [0.5, 0.6) is 5.75 Å². The smallest absolute Gasteiger partial charge is 0.303 e. The molecule has 2 N–H and O–H groups in total. The van der Waals surface area contributed by atoms with Crippen LogP contribution in [0.4, 0.5) is 0 Å². The normalized spacial score (nSPS) is 10.8. The van der Waals surface area contributed by atoms with E-state index in [-0.39, 0.29) is 12.3 Å². The van der Waals surface area contributed by atoms with E-state index < -0.39 is 5.97 Å². The largest absolute Gasteiger partial charge is 0.494 e. The zero-order chi connectivity index (χ0) is 23.0. The minimum absolute atomic E-state index is 0.137. The molecule has 0 aliphatic carbocycles. The van der Waals surface area contributed by atoms with E-state index in [0.29, 0.717) is 48.6 Å². The molecule has 1 aromatic heterocycles. The van der Waals surface area contributed by atoms with Gasteiger partial charge in [0.15, 0.2) is 0 Å². The number of carbonyl (C=O) groups is 2. The van der Waals surface area contributed by atoms with E-state index >= 15 is 0 Å². The van der Waals surface area contributed by atoms with E-state index in [1.807, 2.05) is 66.7 Å². The Labute approximate surface area is 191 Å². The van der Waals surface area contributed by atoms with Gasteiger partial charge in [-0.1, -0.05) is 42.5 Å². The zero-order valence-electron chi connectivity index (χ0n) is 18.1. The lowest BCUT2D eigenvalue weighted by Gasteiger charge is -2.06. The first-order chi connectivity index (χ1) is 16.1. The molecule has 168 valence electrons. The molecule has 0 saturated carbocycles. The number of hydrogen-bond acceptors (Lipinski definition) is 4. The lowest BCUT2D eigenvalue weighted by Crippen LogP contribution is -2.22. The van der Waals surface area contributed by atoms with Crippen LogP contribution in [0.25, 0.3) is 22.3 Å². The first-order valence-electron chi connectivity index (χ1n) is 10.9. The number of aliphatic carboxylic acids is 1. The number of fused-ring (bicyclic) bond motifs is 1. The molecule has 0 aliphatic heterocycles. The molecule has 1 heterocycles. The fourth-order valence-corrected chi connectivity index (χ4v) is 3.51. The second kappa shape index (κ2) is 10.5. The number of nitrogens with one attached hydrogen (secondary N) is 1. The van der Waals surface area contributed by atoms with E-state index in [2.05, 4.69) is 5.32 Å². The summed E-state index contributed by atoms with van der Waals surface area (Å²) in [6.07, 6.45) is 1.41. The van der Waals surface area contributed by atoms with Gasteiger partial charge >= 0.3 is 5.97 Å². The Morgan fingerprint density at radius 2 is 1.76 bits per heavy atom. The van der Waals surface area contributed by atoms with Crippen molar-refractivity contribution in [3.8, 4) is 17.1 Å². The molecular weight excluding hydrogens is 418 g/mol. The number of furan rings is 1. The third-order valence-electron chi connectivity index (χ3n) is 5.25. The summed E-state index contributed by atoms with van der Waals surface area (Å²) in [5.41, 5.74) is 3.18. The number of rotatable bonds is 10. The Bertz CT molecular complexity index is 1250. The number of carboxylic acids is 1. The number of benzene rings is 3. The number of amides is 1. The van der Waals surface area contributed by atoms with Gasteiger partial charge in [0.05, 0.1) is 6.61 Å². The summed E-state index contributed by atoms with van der Waals surface area (Å²) in [6, 6.07) is 24.6. The fraction of sp³-hybridized carbons (Fsp3) is 0.185. The molecule has 6 nitrogen and oxygen atoms in total. The predicted octanol–water partition coefficient (Wildman–Crippen LogP) is 5.66. The van der Waals surface area contributed by atoms with Crippen molar-refractivity contribution in [3.05, 3.63) is 90.0 Å². The lowest BCUT2D eigenvalue weighted by atomic mass is 10.1. The van der Waals surface area contributed by atoms with Gasteiger partial charge in [0.25, 0.3) is 5.91 Å². The van der Waals surface area contributed by atoms with Gasteiger partial charge in [-0.3, -0.25) is 9.59 Å². The average molecular weight is 443 g/mol. The van der Waals surface area contributed by atoms with Crippen LogP contribution in [0, 0.1) is 0 Å². The molecule has 3 aromatic carbocycles. The highest BCUT2D eigenvalue weighted by Crippen LogP contribution is 2.30. The first-order valence-corrected chi connectivity index (χ1v) is 10.9. The van der Waals surface area contributed by atoms with E-state index in [4.69, 9.17) is 14.3 Å². The highest BCUT2D eigenvalue weighted by Gasteiger charge is 2.11. The van der Waals surface area contributed by atoms with Crippen LogP contribution in [0.15, 0.2) is 83.3 Å². The number of carbonyl (C=O) groups excluding carboxylic acids is 1. The van der Waals surface area contributed by atoms with Crippen LogP contribution in [0.1, 0.15) is 35.2 Å². The quantitative estimate of drug-likeness (QED) is 0.309. The van der Waals surface area contributed by atoms with Crippen molar-refractivity contribution < 1.29 is 23.8 Å². The molecule has 4 aromatic rings. The summed E-state index contributed by atoms with van der Waals surface area (Å²) >= 11 is 0. The number of hydrogen-bond donors (Lipinski definition) is 2. The SMILES string of the molecule is O=C(O)CCCCOc1cccc(-c2cc3cc(C(=O)NCc4ccccc4)ccc3o2)c1. The van der Waals surface area contributed by atoms with Crippen molar-refractivity contribution in [2.75, 3.05) is 6.61 Å². The first kappa shape index (κ1) is 22.1. The topological polar surface area (TPSA) is 88.8 Å². The number of unbranched alkanes of at least 4 members (excludes halogenated alkanes) is 1. The summed E-state index contributed by atoms with van der Waals surface area (Å²) in [5.74, 6) is 0.452. The van der Waals surface area contributed by atoms with Crippen molar-refractivity contribution in [2.24, 2.45) is 0 Å². The molecule has 6 heteroatoms. The van der Waals surface area contributed by atoms with Crippen LogP contribution >= 0.6 is 0 Å². The minimum Gasteiger partial charge on any atom is -0.494 e. The van der Waals surface area contributed by atoms with Crippen molar-refractivity contribution in [2.45, 2.75) is 25.8 Å². The maximum Gasteiger partial charge on any atom is 0.303 e. The third-order valence-corrected chi connectivity index (χ3v) is 5.25. The molecule has 33 heavy (non-hydrogen) atoms. The lowest BCUT2D eigenvalue weighted by molar-refractivity contribution is -0.137. The Balaban J connectivity index is 1.42. The van der Waals surface area contributed by atoms with Gasteiger partial charge in [-0.15, -0.1) is 0 Å². The van der Waals surface area contributed by atoms with Crippen molar-refractivity contribution in [1.82, 2.24) is 5.32 Å². The van der Waals surface area contributed by atoms with Gasteiger partial charge in [0, 0.05) is 29.5 Å². The highest BCUT2D eigenvalue weighted by molar-refractivity contribution is 5.98. The second-order valence-corrected chi connectivity index (χ2v) is 7.76. The molecular formula is C27H25NO5. The molecule has 0 unspecified atom stereocenters. The second-order valence-electron chi connectivity index (χ2n) is 7.76. The Hall–Kier alpha value is -4.06. The van der Waals surface area contributed by atoms with E-state index in [1.54, 1.807) is 12.1 Å². The maximum atomic E-state index is 12.6. The van der Waals surface area contributed by atoms with E-state index in [9.17, 15) is 9.59 Å². The minimum atomic E-state index is -0.793.